The fourth-order valence-corrected chi connectivity index (χ4v) is 2.17. The SMILES string of the molecule is Nc1cc2oc(-c3c(F)cccc3Cl)nc2cc1Cl. The molecule has 0 spiro atoms. The molecular weight excluding hydrogens is 290 g/mol. The summed E-state index contributed by atoms with van der Waals surface area (Å²) < 4.78 is 19.3. The first kappa shape index (κ1) is 12.3. The minimum Gasteiger partial charge on any atom is -0.436 e. The highest BCUT2D eigenvalue weighted by Crippen LogP contribution is 2.34. The van der Waals surface area contributed by atoms with Gasteiger partial charge in [-0.15, -0.1) is 0 Å². The van der Waals surface area contributed by atoms with Crippen LogP contribution in [0.3, 0.4) is 0 Å². The second kappa shape index (κ2) is 4.40. The number of rotatable bonds is 1. The third-order valence-corrected chi connectivity index (χ3v) is 3.33. The minimum atomic E-state index is -0.502. The lowest BCUT2D eigenvalue weighted by Crippen LogP contribution is -1.85. The molecule has 0 aliphatic rings. The van der Waals surface area contributed by atoms with Crippen molar-refractivity contribution in [2.75, 3.05) is 5.73 Å². The number of nitrogens with zero attached hydrogens (tertiary/aromatic N) is 1. The molecule has 19 heavy (non-hydrogen) atoms. The van der Waals surface area contributed by atoms with Crippen molar-refractivity contribution in [2.24, 2.45) is 0 Å². The molecule has 1 heterocycles. The quantitative estimate of drug-likeness (QED) is 0.672. The second-order valence-corrected chi connectivity index (χ2v) is 4.77. The van der Waals surface area contributed by atoms with Crippen molar-refractivity contribution in [3.05, 3.63) is 46.2 Å². The average Bonchev–Trinajstić information content (AvgIpc) is 2.72. The van der Waals surface area contributed by atoms with Crippen LogP contribution in [0.2, 0.25) is 10.0 Å². The second-order valence-electron chi connectivity index (χ2n) is 3.96. The van der Waals surface area contributed by atoms with Gasteiger partial charge in [-0.2, -0.15) is 0 Å². The summed E-state index contributed by atoms with van der Waals surface area (Å²) in [7, 11) is 0. The number of nitrogen functional groups attached to an aromatic ring is 1. The van der Waals surface area contributed by atoms with Gasteiger partial charge in [0, 0.05) is 6.07 Å². The van der Waals surface area contributed by atoms with Crippen molar-refractivity contribution in [1.82, 2.24) is 4.98 Å². The van der Waals surface area contributed by atoms with E-state index in [0.717, 1.165) is 0 Å². The van der Waals surface area contributed by atoms with Gasteiger partial charge >= 0.3 is 0 Å². The van der Waals surface area contributed by atoms with Crippen molar-refractivity contribution >= 4 is 40.0 Å². The van der Waals surface area contributed by atoms with Crippen LogP contribution in [0.1, 0.15) is 0 Å². The van der Waals surface area contributed by atoms with Gasteiger partial charge < -0.3 is 10.2 Å². The highest BCUT2D eigenvalue weighted by atomic mass is 35.5. The van der Waals surface area contributed by atoms with Crippen LogP contribution >= 0.6 is 23.2 Å². The van der Waals surface area contributed by atoms with Crippen molar-refractivity contribution in [1.29, 1.82) is 0 Å². The number of hydrogen-bond donors (Lipinski definition) is 1. The summed E-state index contributed by atoms with van der Waals surface area (Å²) in [5, 5.41) is 0.595. The molecule has 1 aromatic heterocycles. The lowest BCUT2D eigenvalue weighted by Gasteiger charge is -1.99. The molecule has 0 unspecified atom stereocenters. The van der Waals surface area contributed by atoms with Gasteiger partial charge in [0.25, 0.3) is 0 Å². The van der Waals surface area contributed by atoms with E-state index in [4.69, 9.17) is 33.4 Å². The van der Waals surface area contributed by atoms with E-state index in [1.165, 1.54) is 12.1 Å². The first-order valence-electron chi connectivity index (χ1n) is 5.36. The molecule has 0 amide bonds. The summed E-state index contributed by atoms with van der Waals surface area (Å²) >= 11 is 11.9. The lowest BCUT2D eigenvalue weighted by molar-refractivity contribution is 0.594. The lowest BCUT2D eigenvalue weighted by atomic mass is 10.2. The molecule has 0 saturated carbocycles. The normalized spacial score (nSPS) is 11.1. The van der Waals surface area contributed by atoms with Gasteiger partial charge in [0.05, 0.1) is 21.3 Å². The van der Waals surface area contributed by atoms with Crippen molar-refractivity contribution in [3.63, 3.8) is 0 Å². The number of fused-ring (bicyclic) bond motifs is 1. The number of anilines is 1. The van der Waals surface area contributed by atoms with Crippen LogP contribution in [0.5, 0.6) is 0 Å². The molecule has 3 rings (SSSR count). The number of benzene rings is 2. The Morgan fingerprint density at radius 1 is 1.16 bits per heavy atom. The Bertz CT molecular complexity index is 726. The summed E-state index contributed by atoms with van der Waals surface area (Å²) in [5.41, 5.74) is 7.09. The first-order valence-corrected chi connectivity index (χ1v) is 6.12. The van der Waals surface area contributed by atoms with Crippen LogP contribution in [0.15, 0.2) is 34.7 Å². The van der Waals surface area contributed by atoms with E-state index in [0.29, 0.717) is 21.8 Å². The fraction of sp³-hybridized carbons (Fsp3) is 0. The molecule has 0 saturated heterocycles. The fourth-order valence-electron chi connectivity index (χ4n) is 1.77. The molecule has 0 bridgehead atoms. The predicted molar refractivity (Wildman–Crippen MR) is 73.8 cm³/mol. The molecule has 0 fully saturated rings. The largest absolute Gasteiger partial charge is 0.436 e. The topological polar surface area (TPSA) is 52.0 Å². The maximum absolute atomic E-state index is 13.8. The summed E-state index contributed by atoms with van der Waals surface area (Å²) in [5.74, 6) is -0.405. The van der Waals surface area contributed by atoms with Crippen LogP contribution in [0.4, 0.5) is 10.1 Å². The van der Waals surface area contributed by atoms with Gasteiger partial charge in [-0.1, -0.05) is 29.3 Å². The molecule has 3 aromatic rings. The number of nitrogens with two attached hydrogens (primary N) is 1. The maximum atomic E-state index is 13.8. The van der Waals surface area contributed by atoms with Gasteiger partial charge in [-0.25, -0.2) is 9.37 Å². The maximum Gasteiger partial charge on any atom is 0.231 e. The molecule has 0 atom stereocenters. The summed E-state index contributed by atoms with van der Waals surface area (Å²) in [6.45, 7) is 0. The van der Waals surface area contributed by atoms with E-state index in [9.17, 15) is 4.39 Å². The Kier molecular flexibility index (Phi) is 2.84. The third-order valence-electron chi connectivity index (χ3n) is 2.68. The number of oxazole rings is 1. The zero-order valence-electron chi connectivity index (χ0n) is 9.45. The van der Waals surface area contributed by atoms with E-state index in [1.54, 1.807) is 18.2 Å². The Balaban J connectivity index is 2.26. The molecule has 3 nitrogen and oxygen atoms in total. The number of hydrogen-bond acceptors (Lipinski definition) is 3. The van der Waals surface area contributed by atoms with Crippen LogP contribution in [0, 0.1) is 5.82 Å². The number of aromatic nitrogens is 1. The smallest absolute Gasteiger partial charge is 0.231 e. The molecule has 2 N–H and O–H groups in total. The van der Waals surface area contributed by atoms with E-state index >= 15 is 0 Å². The van der Waals surface area contributed by atoms with Crippen LogP contribution in [-0.4, -0.2) is 4.98 Å². The Morgan fingerprint density at radius 2 is 1.95 bits per heavy atom. The van der Waals surface area contributed by atoms with Gasteiger partial charge in [-0.05, 0) is 18.2 Å². The monoisotopic (exact) mass is 296 g/mol. The Morgan fingerprint density at radius 3 is 2.68 bits per heavy atom. The number of halogens is 3. The highest BCUT2D eigenvalue weighted by Gasteiger charge is 2.16. The van der Waals surface area contributed by atoms with Gasteiger partial charge in [0.15, 0.2) is 5.58 Å². The molecule has 6 heteroatoms. The van der Waals surface area contributed by atoms with Gasteiger partial charge in [0.2, 0.25) is 5.89 Å². The van der Waals surface area contributed by atoms with Crippen molar-refractivity contribution in [3.8, 4) is 11.5 Å². The minimum absolute atomic E-state index is 0.0970. The summed E-state index contributed by atoms with van der Waals surface area (Å²) in [4.78, 5) is 4.18. The molecule has 0 radical (unpaired) electrons. The standard InChI is InChI=1S/C13H7Cl2FN2O/c14-6-2-1-3-8(16)12(6)13-18-10-4-7(15)9(17)5-11(10)19-13/h1-5H,17H2. The first-order chi connectivity index (χ1) is 9.06. The average molecular weight is 297 g/mol. The zero-order valence-corrected chi connectivity index (χ0v) is 11.0. The predicted octanol–water partition coefficient (Wildman–Crippen LogP) is 4.52. The molecule has 2 aromatic carbocycles. The van der Waals surface area contributed by atoms with Crippen LogP contribution in [0.25, 0.3) is 22.6 Å². The van der Waals surface area contributed by atoms with E-state index in [2.05, 4.69) is 4.98 Å². The summed E-state index contributed by atoms with van der Waals surface area (Å²) in [6.07, 6.45) is 0. The molecular formula is C13H7Cl2FN2O. The molecule has 96 valence electrons. The van der Waals surface area contributed by atoms with Crippen molar-refractivity contribution in [2.45, 2.75) is 0 Å². The molecule has 0 aliphatic heterocycles. The van der Waals surface area contributed by atoms with E-state index in [-0.39, 0.29) is 16.5 Å². The van der Waals surface area contributed by atoms with Gasteiger partial charge in [-0.3, -0.25) is 0 Å². The molecule has 0 aliphatic carbocycles. The Hall–Kier alpha value is -1.78. The van der Waals surface area contributed by atoms with Crippen LogP contribution < -0.4 is 5.73 Å². The van der Waals surface area contributed by atoms with Crippen molar-refractivity contribution < 1.29 is 8.81 Å². The van der Waals surface area contributed by atoms with Gasteiger partial charge in [0.1, 0.15) is 11.3 Å². The highest BCUT2D eigenvalue weighted by molar-refractivity contribution is 6.34. The third kappa shape index (κ3) is 2.03. The Labute approximate surface area is 117 Å². The van der Waals surface area contributed by atoms with Crippen LogP contribution in [-0.2, 0) is 0 Å². The van der Waals surface area contributed by atoms with E-state index < -0.39 is 5.82 Å². The van der Waals surface area contributed by atoms with E-state index in [1.807, 2.05) is 0 Å². The zero-order chi connectivity index (χ0) is 13.6. The summed E-state index contributed by atoms with van der Waals surface area (Å²) in [6, 6.07) is 7.48.